The van der Waals surface area contributed by atoms with Crippen molar-refractivity contribution in [1.29, 1.82) is 0 Å². The van der Waals surface area contributed by atoms with Crippen LogP contribution in [0.1, 0.15) is 6.92 Å². The number of piperazine rings is 1. The number of ether oxygens (including phenoxy) is 1. The van der Waals surface area contributed by atoms with Gasteiger partial charge in [0, 0.05) is 32.8 Å². The fourth-order valence-corrected chi connectivity index (χ4v) is 2.04. The van der Waals surface area contributed by atoms with Gasteiger partial charge in [0.2, 0.25) is 5.91 Å². The molecule has 1 aliphatic heterocycles. The molecule has 1 fully saturated rings. The SMILES string of the molecule is COCCN1C(=O)C(CN)N(C)CC1C. The summed E-state index contributed by atoms with van der Waals surface area (Å²) in [4.78, 5) is 15.9. The van der Waals surface area contributed by atoms with Crippen LogP contribution in [0.3, 0.4) is 0 Å². The quantitative estimate of drug-likeness (QED) is 0.662. The first-order chi connectivity index (χ1) is 7.11. The summed E-state index contributed by atoms with van der Waals surface area (Å²) in [6.07, 6.45) is 0. The molecule has 1 saturated heterocycles. The van der Waals surface area contributed by atoms with Crippen molar-refractivity contribution in [2.24, 2.45) is 5.73 Å². The lowest BCUT2D eigenvalue weighted by atomic mass is 10.1. The minimum absolute atomic E-state index is 0.121. The fraction of sp³-hybridized carbons (Fsp3) is 0.900. The van der Waals surface area contributed by atoms with E-state index in [4.69, 9.17) is 10.5 Å². The Labute approximate surface area is 91.2 Å². The van der Waals surface area contributed by atoms with Crippen molar-refractivity contribution in [1.82, 2.24) is 9.80 Å². The van der Waals surface area contributed by atoms with E-state index in [1.54, 1.807) is 7.11 Å². The third-order valence-corrected chi connectivity index (χ3v) is 2.94. The number of amides is 1. The molecule has 1 amide bonds. The van der Waals surface area contributed by atoms with Crippen molar-refractivity contribution in [2.75, 3.05) is 40.4 Å². The molecule has 1 aliphatic rings. The van der Waals surface area contributed by atoms with E-state index in [9.17, 15) is 4.79 Å². The molecule has 0 aliphatic carbocycles. The first-order valence-corrected chi connectivity index (χ1v) is 5.31. The van der Waals surface area contributed by atoms with Crippen LogP contribution in [0.2, 0.25) is 0 Å². The van der Waals surface area contributed by atoms with Gasteiger partial charge in [0.25, 0.3) is 0 Å². The smallest absolute Gasteiger partial charge is 0.241 e. The summed E-state index contributed by atoms with van der Waals surface area (Å²) >= 11 is 0. The second kappa shape index (κ2) is 5.44. The normalized spacial score (nSPS) is 28.5. The molecule has 0 spiro atoms. The molecule has 15 heavy (non-hydrogen) atoms. The van der Waals surface area contributed by atoms with Gasteiger partial charge in [0.1, 0.15) is 6.04 Å². The molecule has 0 bridgehead atoms. The van der Waals surface area contributed by atoms with E-state index in [1.165, 1.54) is 0 Å². The lowest BCUT2D eigenvalue weighted by molar-refractivity contribution is -0.144. The van der Waals surface area contributed by atoms with Gasteiger partial charge < -0.3 is 15.4 Å². The molecule has 0 aromatic rings. The van der Waals surface area contributed by atoms with Crippen molar-refractivity contribution in [3.05, 3.63) is 0 Å². The zero-order valence-corrected chi connectivity index (χ0v) is 9.77. The lowest BCUT2D eigenvalue weighted by Gasteiger charge is -2.42. The molecule has 5 nitrogen and oxygen atoms in total. The van der Waals surface area contributed by atoms with E-state index in [2.05, 4.69) is 6.92 Å². The van der Waals surface area contributed by atoms with Gasteiger partial charge in [0.05, 0.1) is 6.61 Å². The number of rotatable bonds is 4. The molecule has 0 saturated carbocycles. The van der Waals surface area contributed by atoms with E-state index in [0.717, 1.165) is 6.54 Å². The minimum Gasteiger partial charge on any atom is -0.383 e. The van der Waals surface area contributed by atoms with Gasteiger partial charge in [-0.1, -0.05) is 0 Å². The maximum Gasteiger partial charge on any atom is 0.241 e. The van der Waals surface area contributed by atoms with Crippen LogP contribution in [0.4, 0.5) is 0 Å². The Balaban J connectivity index is 2.65. The maximum absolute atomic E-state index is 12.0. The summed E-state index contributed by atoms with van der Waals surface area (Å²) in [5.74, 6) is 0.121. The number of likely N-dealkylation sites (N-methyl/N-ethyl adjacent to an activating group) is 1. The highest BCUT2D eigenvalue weighted by atomic mass is 16.5. The first-order valence-electron chi connectivity index (χ1n) is 5.31. The molecule has 2 unspecified atom stereocenters. The standard InChI is InChI=1S/C10H21N3O2/c1-8-7-12(2)9(6-11)10(14)13(8)4-5-15-3/h8-9H,4-7,11H2,1-3H3. The van der Waals surface area contributed by atoms with Crippen molar-refractivity contribution in [3.8, 4) is 0 Å². The van der Waals surface area contributed by atoms with Gasteiger partial charge >= 0.3 is 0 Å². The third-order valence-electron chi connectivity index (χ3n) is 2.94. The van der Waals surface area contributed by atoms with E-state index >= 15 is 0 Å². The Morgan fingerprint density at radius 3 is 2.80 bits per heavy atom. The fourth-order valence-electron chi connectivity index (χ4n) is 2.04. The Hall–Kier alpha value is -0.650. The Kier molecular flexibility index (Phi) is 4.50. The topological polar surface area (TPSA) is 58.8 Å². The zero-order valence-electron chi connectivity index (χ0n) is 9.77. The van der Waals surface area contributed by atoms with Gasteiger partial charge in [0.15, 0.2) is 0 Å². The molecule has 2 atom stereocenters. The number of carbonyl (C=O) groups excluding carboxylic acids is 1. The van der Waals surface area contributed by atoms with Gasteiger partial charge in [-0.15, -0.1) is 0 Å². The molecule has 1 heterocycles. The number of carbonyl (C=O) groups is 1. The van der Waals surface area contributed by atoms with Crippen LogP contribution in [0.25, 0.3) is 0 Å². The number of nitrogens with zero attached hydrogens (tertiary/aromatic N) is 2. The monoisotopic (exact) mass is 215 g/mol. The average Bonchev–Trinajstić information content (AvgIpc) is 2.17. The molecular formula is C10H21N3O2. The molecule has 88 valence electrons. The summed E-state index contributed by atoms with van der Waals surface area (Å²) in [6.45, 7) is 4.54. The highest BCUT2D eigenvalue weighted by Gasteiger charge is 2.35. The number of nitrogens with two attached hydrogens (primary N) is 1. The largest absolute Gasteiger partial charge is 0.383 e. The van der Waals surface area contributed by atoms with Crippen LogP contribution >= 0.6 is 0 Å². The molecule has 0 radical (unpaired) electrons. The predicted octanol–water partition coefficient (Wildman–Crippen LogP) is -0.877. The van der Waals surface area contributed by atoms with E-state index in [-0.39, 0.29) is 18.0 Å². The van der Waals surface area contributed by atoms with Crippen LogP contribution < -0.4 is 5.73 Å². The Morgan fingerprint density at radius 2 is 2.27 bits per heavy atom. The number of hydrogen-bond donors (Lipinski definition) is 1. The zero-order chi connectivity index (χ0) is 11.4. The van der Waals surface area contributed by atoms with Gasteiger partial charge in [-0.25, -0.2) is 0 Å². The Bertz CT molecular complexity index is 223. The highest BCUT2D eigenvalue weighted by molar-refractivity contribution is 5.83. The maximum atomic E-state index is 12.0. The first kappa shape index (κ1) is 12.4. The summed E-state index contributed by atoms with van der Waals surface area (Å²) in [5, 5.41) is 0. The van der Waals surface area contributed by atoms with E-state index in [0.29, 0.717) is 19.7 Å². The second-order valence-electron chi connectivity index (χ2n) is 4.06. The number of hydrogen-bond acceptors (Lipinski definition) is 4. The molecule has 1 rings (SSSR count). The third kappa shape index (κ3) is 2.68. The van der Waals surface area contributed by atoms with Crippen molar-refractivity contribution in [3.63, 3.8) is 0 Å². The van der Waals surface area contributed by atoms with E-state index in [1.807, 2.05) is 16.8 Å². The van der Waals surface area contributed by atoms with Crippen LogP contribution in [0, 0.1) is 0 Å². The average molecular weight is 215 g/mol. The summed E-state index contributed by atoms with van der Waals surface area (Å²) < 4.78 is 5.00. The van der Waals surface area contributed by atoms with Crippen LogP contribution in [-0.4, -0.2) is 68.2 Å². The van der Waals surface area contributed by atoms with Gasteiger partial charge in [-0.2, -0.15) is 0 Å². The van der Waals surface area contributed by atoms with Crippen LogP contribution in [-0.2, 0) is 9.53 Å². The van der Waals surface area contributed by atoms with Gasteiger partial charge in [-0.05, 0) is 14.0 Å². The predicted molar refractivity (Wildman–Crippen MR) is 58.5 cm³/mol. The summed E-state index contributed by atoms with van der Waals surface area (Å²) in [5.41, 5.74) is 5.60. The summed E-state index contributed by atoms with van der Waals surface area (Å²) in [7, 11) is 3.59. The Morgan fingerprint density at radius 1 is 1.60 bits per heavy atom. The molecule has 2 N–H and O–H groups in total. The van der Waals surface area contributed by atoms with Crippen molar-refractivity contribution in [2.45, 2.75) is 19.0 Å². The minimum atomic E-state index is -0.168. The van der Waals surface area contributed by atoms with E-state index < -0.39 is 0 Å². The molecule has 0 aromatic heterocycles. The molecular weight excluding hydrogens is 194 g/mol. The highest BCUT2D eigenvalue weighted by Crippen LogP contribution is 2.14. The second-order valence-corrected chi connectivity index (χ2v) is 4.06. The van der Waals surface area contributed by atoms with Crippen LogP contribution in [0.5, 0.6) is 0 Å². The van der Waals surface area contributed by atoms with Crippen molar-refractivity contribution < 1.29 is 9.53 Å². The van der Waals surface area contributed by atoms with Crippen LogP contribution in [0.15, 0.2) is 0 Å². The van der Waals surface area contributed by atoms with Crippen molar-refractivity contribution >= 4 is 5.91 Å². The molecule has 0 aromatic carbocycles. The molecule has 5 heteroatoms. The van der Waals surface area contributed by atoms with Gasteiger partial charge in [-0.3, -0.25) is 9.69 Å². The summed E-state index contributed by atoms with van der Waals surface area (Å²) in [6, 6.07) is 0.0681. The number of methoxy groups -OCH3 is 1. The lowest BCUT2D eigenvalue weighted by Crippen LogP contribution is -2.62.